The van der Waals surface area contributed by atoms with Gasteiger partial charge in [0, 0.05) is 112 Å². The molecule has 3 aromatic heterocycles. The molecule has 0 bridgehead atoms. The number of nitrogens with zero attached hydrogens (tertiary/aromatic N) is 8. The maximum Gasteiger partial charge on any atom is 0.329 e. The van der Waals surface area contributed by atoms with Crippen LogP contribution in [0.5, 0.6) is 5.75 Å². The Morgan fingerprint density at radius 1 is 0.913 bits per heavy atom. The second-order valence-corrected chi connectivity index (χ2v) is 23.0. The fourth-order valence-corrected chi connectivity index (χ4v) is 14.8. The highest BCUT2D eigenvalue weighted by Crippen LogP contribution is 2.54. The minimum atomic E-state index is -2.64. The van der Waals surface area contributed by atoms with Crippen molar-refractivity contribution in [2.75, 3.05) is 80.8 Å². The summed E-state index contributed by atoms with van der Waals surface area (Å²) in [7, 11) is 0.816. The summed E-state index contributed by atoms with van der Waals surface area (Å²) in [6.45, 7) is 11.0. The molecule has 10 rings (SSSR count). The number of imide groups is 1. The average Bonchev–Trinajstić information content (AvgIpc) is 3.91. The Balaban J connectivity index is 0.760. The van der Waals surface area contributed by atoms with E-state index in [-0.39, 0.29) is 18.0 Å². The normalized spacial score (nSPS) is 19.4. The summed E-state index contributed by atoms with van der Waals surface area (Å²) < 4.78 is 24.4. The standard InChI is InChI=1S/C51H61BrN11O5P/c1-5-34-11-12-36-38(54-34)13-14-39(47(36)69(67)27-6-7-28-69)55-48-37(52)31-53-50(58-48)56-40-29-32(2)43(30-44(40)68-4)62-21-18-35(19-22-62)61-25-23-60(24-26-61)20-17-33-9-8-10-41-46(33)59(3)51(66)63(41)42-15-16-45(64)57-49(42)65/h8-14,29-31,35,42H,5-7,15-28H2,1-4H3,(H,57,64,65)(H2,53,55,56,58). The Morgan fingerprint density at radius 2 is 1.70 bits per heavy atom. The summed E-state index contributed by atoms with van der Waals surface area (Å²) in [6.07, 6.45) is 9.36. The lowest BCUT2D eigenvalue weighted by atomic mass is 10.00. The van der Waals surface area contributed by atoms with E-state index in [1.54, 1.807) is 29.5 Å². The largest absolute Gasteiger partial charge is 0.494 e. The Hall–Kier alpha value is -5.61. The molecule has 4 saturated heterocycles. The van der Waals surface area contributed by atoms with Gasteiger partial charge in [0.1, 0.15) is 24.8 Å². The highest BCUT2D eigenvalue weighted by Gasteiger charge is 2.35. The molecule has 0 aliphatic carbocycles. The van der Waals surface area contributed by atoms with Gasteiger partial charge in [-0.15, -0.1) is 0 Å². The van der Waals surface area contributed by atoms with Crippen molar-refractivity contribution in [2.45, 2.75) is 77.3 Å². The number of anilines is 5. The minimum Gasteiger partial charge on any atom is -0.494 e. The lowest BCUT2D eigenvalue weighted by molar-refractivity contribution is -0.135. The predicted octanol–water partition coefficient (Wildman–Crippen LogP) is 7.40. The maximum absolute atomic E-state index is 14.5. The van der Waals surface area contributed by atoms with E-state index in [9.17, 15) is 18.9 Å². The van der Waals surface area contributed by atoms with Gasteiger partial charge in [-0.05, 0) is 109 Å². The average molecular weight is 1020 g/mol. The van der Waals surface area contributed by atoms with Crippen molar-refractivity contribution in [2.24, 2.45) is 7.05 Å². The number of hydrogen-bond donors (Lipinski definition) is 3. The highest BCUT2D eigenvalue weighted by atomic mass is 79.9. The number of pyridine rings is 1. The van der Waals surface area contributed by atoms with Crippen LogP contribution in [0.2, 0.25) is 0 Å². The second-order valence-electron chi connectivity index (χ2n) is 19.0. The number of benzene rings is 3. The van der Waals surface area contributed by atoms with Crippen LogP contribution in [-0.2, 0) is 34.0 Å². The molecular formula is C51H61BrN11O5P. The van der Waals surface area contributed by atoms with Crippen molar-refractivity contribution in [3.05, 3.63) is 92.6 Å². The lowest BCUT2D eigenvalue weighted by Gasteiger charge is -2.43. The Bertz CT molecular complexity index is 3060. The number of ether oxygens (including phenoxy) is 1. The molecule has 4 fully saturated rings. The van der Waals surface area contributed by atoms with E-state index in [1.165, 1.54) is 0 Å². The molecular weight excluding hydrogens is 958 g/mol. The molecule has 69 heavy (non-hydrogen) atoms. The number of amides is 2. The first kappa shape index (κ1) is 47.1. The van der Waals surface area contributed by atoms with E-state index in [4.69, 9.17) is 14.7 Å². The van der Waals surface area contributed by atoms with Crippen molar-refractivity contribution in [3.8, 4) is 5.75 Å². The van der Waals surface area contributed by atoms with Gasteiger partial charge in [0.2, 0.25) is 17.8 Å². The number of halogens is 1. The number of fused-ring (bicyclic) bond motifs is 2. The number of aryl methyl sites for hydroxylation is 3. The molecule has 1 unspecified atom stereocenters. The molecule has 4 aliphatic heterocycles. The summed E-state index contributed by atoms with van der Waals surface area (Å²) in [6, 6.07) is 18.1. The number of para-hydroxylation sites is 1. The fourth-order valence-electron chi connectivity index (χ4n) is 11.1. The van der Waals surface area contributed by atoms with Gasteiger partial charge in [-0.25, -0.2) is 9.78 Å². The quantitative estimate of drug-likeness (QED) is 0.0773. The van der Waals surface area contributed by atoms with Gasteiger partial charge < -0.3 is 29.7 Å². The van der Waals surface area contributed by atoms with Gasteiger partial charge in [0.15, 0.2) is 0 Å². The highest BCUT2D eigenvalue weighted by molar-refractivity contribution is 9.10. The van der Waals surface area contributed by atoms with Gasteiger partial charge in [-0.2, -0.15) is 4.98 Å². The summed E-state index contributed by atoms with van der Waals surface area (Å²) in [5, 5.41) is 11.2. The number of carbonyl (C=O) groups excluding carboxylic acids is 2. The van der Waals surface area contributed by atoms with Crippen LogP contribution in [0.25, 0.3) is 21.9 Å². The smallest absolute Gasteiger partial charge is 0.329 e. The van der Waals surface area contributed by atoms with Crippen molar-refractivity contribution in [1.29, 1.82) is 0 Å². The third kappa shape index (κ3) is 9.30. The maximum atomic E-state index is 14.5. The van der Waals surface area contributed by atoms with Gasteiger partial charge >= 0.3 is 5.69 Å². The predicted molar refractivity (Wildman–Crippen MR) is 277 cm³/mol. The first-order valence-electron chi connectivity index (χ1n) is 24.4. The van der Waals surface area contributed by atoms with Gasteiger partial charge in [-0.1, -0.05) is 25.1 Å². The monoisotopic (exact) mass is 1020 g/mol. The molecule has 6 aromatic rings. The fraction of sp³-hybridized carbons (Fsp3) is 0.451. The molecule has 4 aliphatic rings. The van der Waals surface area contributed by atoms with Crippen molar-refractivity contribution < 1.29 is 18.9 Å². The molecule has 16 nitrogen and oxygen atoms in total. The topological polar surface area (TPSA) is 172 Å². The van der Waals surface area contributed by atoms with Crippen molar-refractivity contribution in [3.63, 3.8) is 0 Å². The van der Waals surface area contributed by atoms with E-state index < -0.39 is 19.1 Å². The van der Waals surface area contributed by atoms with E-state index >= 15 is 0 Å². The van der Waals surface area contributed by atoms with Crippen LogP contribution in [-0.4, -0.2) is 117 Å². The summed E-state index contributed by atoms with van der Waals surface area (Å²) in [4.78, 5) is 60.0. The number of carbonyl (C=O) groups is 2. The van der Waals surface area contributed by atoms with Crippen molar-refractivity contribution in [1.82, 2.24) is 39.2 Å². The van der Waals surface area contributed by atoms with Gasteiger partial charge in [0.05, 0.1) is 39.5 Å². The van der Waals surface area contributed by atoms with E-state index in [0.717, 1.165) is 145 Å². The lowest BCUT2D eigenvalue weighted by Crippen LogP contribution is -2.53. The first-order valence-corrected chi connectivity index (χ1v) is 27.3. The van der Waals surface area contributed by atoms with Crippen LogP contribution < -0.4 is 36.6 Å². The molecule has 0 radical (unpaired) electrons. The zero-order valence-corrected chi connectivity index (χ0v) is 42.4. The molecule has 7 heterocycles. The van der Waals surface area contributed by atoms with Crippen LogP contribution in [0.4, 0.5) is 28.8 Å². The second kappa shape index (κ2) is 19.6. The number of hydrogen-bond acceptors (Lipinski definition) is 13. The molecule has 18 heteroatoms. The number of nitrogens with one attached hydrogen (secondary N) is 3. The Labute approximate surface area is 410 Å². The summed E-state index contributed by atoms with van der Waals surface area (Å²) >= 11 is 3.67. The number of imidazole rings is 1. The van der Waals surface area contributed by atoms with Gasteiger partial charge in [-0.3, -0.25) is 33.9 Å². The molecule has 0 spiro atoms. The number of piperidine rings is 2. The summed E-state index contributed by atoms with van der Waals surface area (Å²) in [5.74, 6) is 0.967. The van der Waals surface area contributed by atoms with Crippen LogP contribution in [0.1, 0.15) is 68.3 Å². The molecule has 1 atom stereocenters. The molecule has 362 valence electrons. The SMILES string of the molecule is CCc1ccc2c(P3(=O)CCCC3)c(Nc3nc(Nc4cc(C)c(N5CCC(N6CCN(CCc7cccc8c7n(C)c(=O)n8C7CCC(=O)NC7=O)CC6)CC5)cc4OC)ncc3Br)ccc2n1. The van der Waals surface area contributed by atoms with Gasteiger partial charge in [0.25, 0.3) is 0 Å². The summed E-state index contributed by atoms with van der Waals surface area (Å²) in [5.41, 5.74) is 8.16. The molecule has 3 aromatic carbocycles. The molecule has 0 saturated carbocycles. The number of aromatic nitrogens is 5. The Kier molecular flexibility index (Phi) is 13.4. The third-order valence-corrected chi connectivity index (χ3v) is 18.8. The first-order chi connectivity index (χ1) is 33.4. The van der Waals surface area contributed by atoms with E-state index in [1.807, 2.05) is 30.3 Å². The number of rotatable bonds is 13. The van der Waals surface area contributed by atoms with Crippen LogP contribution in [0.3, 0.4) is 0 Å². The van der Waals surface area contributed by atoms with Crippen LogP contribution in [0, 0.1) is 6.92 Å². The molecule has 3 N–H and O–H groups in total. The van der Waals surface area contributed by atoms with Crippen molar-refractivity contribution >= 4 is 91.0 Å². The van der Waals surface area contributed by atoms with Crippen LogP contribution >= 0.6 is 23.1 Å². The zero-order chi connectivity index (χ0) is 48.0. The molecule has 2 amide bonds. The van der Waals surface area contributed by atoms with E-state index in [0.29, 0.717) is 46.8 Å². The number of piperazine rings is 1. The zero-order valence-electron chi connectivity index (χ0n) is 39.9. The minimum absolute atomic E-state index is 0.220. The van der Waals surface area contributed by atoms with Crippen LogP contribution in [0.15, 0.2) is 70.1 Å². The van der Waals surface area contributed by atoms with E-state index in [2.05, 4.69) is 89.7 Å². The third-order valence-electron chi connectivity index (χ3n) is 14.9. The number of methoxy groups -OCH3 is 1. The Morgan fingerprint density at radius 3 is 2.43 bits per heavy atom.